The second kappa shape index (κ2) is 11.1. The van der Waals surface area contributed by atoms with E-state index in [1.165, 1.54) is 29.5 Å². The van der Waals surface area contributed by atoms with Crippen molar-refractivity contribution >= 4 is 11.7 Å². The number of hydrogen-bond donors (Lipinski definition) is 1. The second-order valence-corrected chi connectivity index (χ2v) is 9.85. The Morgan fingerprint density at radius 2 is 1.88 bits per heavy atom. The van der Waals surface area contributed by atoms with Gasteiger partial charge in [-0.05, 0) is 74.9 Å². The number of likely N-dealkylation sites (tertiary alicyclic amines) is 1. The molecule has 178 valence electrons. The molecule has 2 aromatic rings. The summed E-state index contributed by atoms with van der Waals surface area (Å²) >= 11 is 0. The van der Waals surface area contributed by atoms with E-state index in [2.05, 4.69) is 76.1 Å². The van der Waals surface area contributed by atoms with E-state index in [4.69, 9.17) is 0 Å². The lowest BCUT2D eigenvalue weighted by Crippen LogP contribution is -2.50. The maximum absolute atomic E-state index is 12.7. The zero-order chi connectivity index (χ0) is 23.2. The Labute approximate surface area is 199 Å². The number of aryl methyl sites for hydroxylation is 2. The Morgan fingerprint density at radius 1 is 1.06 bits per heavy atom. The molecule has 1 amide bonds. The number of pyridine rings is 1. The van der Waals surface area contributed by atoms with Gasteiger partial charge < -0.3 is 10.2 Å². The van der Waals surface area contributed by atoms with Gasteiger partial charge in [0.05, 0.1) is 12.6 Å². The minimum absolute atomic E-state index is 0.0350. The third kappa shape index (κ3) is 6.55. The zero-order valence-electron chi connectivity index (χ0n) is 20.5. The number of carbonyl (C=O) groups is 1. The summed E-state index contributed by atoms with van der Waals surface area (Å²) in [6.45, 7) is 14.2. The third-order valence-electron chi connectivity index (χ3n) is 7.24. The lowest BCUT2D eigenvalue weighted by Gasteiger charge is -2.39. The van der Waals surface area contributed by atoms with Crippen molar-refractivity contribution in [3.63, 3.8) is 0 Å². The summed E-state index contributed by atoms with van der Waals surface area (Å²) in [6, 6.07) is 12.6. The molecule has 2 atom stereocenters. The number of aromatic nitrogens is 1. The van der Waals surface area contributed by atoms with Crippen molar-refractivity contribution < 1.29 is 4.79 Å². The Hall–Kier alpha value is -2.44. The molecule has 2 saturated heterocycles. The van der Waals surface area contributed by atoms with Crippen LogP contribution in [-0.2, 0) is 4.79 Å². The molecule has 1 aromatic carbocycles. The van der Waals surface area contributed by atoms with Crippen molar-refractivity contribution in [1.29, 1.82) is 0 Å². The molecule has 6 nitrogen and oxygen atoms in total. The highest BCUT2D eigenvalue weighted by atomic mass is 16.2. The predicted molar refractivity (Wildman–Crippen MR) is 135 cm³/mol. The maximum Gasteiger partial charge on any atom is 0.234 e. The number of nitrogens with zero attached hydrogens (tertiary/aromatic N) is 4. The summed E-state index contributed by atoms with van der Waals surface area (Å²) in [4.78, 5) is 24.6. The summed E-state index contributed by atoms with van der Waals surface area (Å²) in [5.41, 5.74) is 3.73. The van der Waals surface area contributed by atoms with Crippen LogP contribution in [0.3, 0.4) is 0 Å². The molecule has 4 rings (SSSR count). The molecule has 2 aliphatic heterocycles. The highest BCUT2D eigenvalue weighted by Crippen LogP contribution is 2.20. The van der Waals surface area contributed by atoms with Gasteiger partial charge in [-0.15, -0.1) is 0 Å². The van der Waals surface area contributed by atoms with Crippen LogP contribution in [0.4, 0.5) is 5.82 Å². The van der Waals surface area contributed by atoms with Crippen LogP contribution < -0.4 is 10.2 Å². The average Bonchev–Trinajstić information content (AvgIpc) is 2.82. The molecule has 0 bridgehead atoms. The quantitative estimate of drug-likeness (QED) is 0.702. The standard InChI is InChI=1S/C27H39N5O/c1-21-9-10-25(17-22(21)2)23(3)29-27(33)20-31-12-6-7-24(19-31)18-30-13-15-32(16-14-30)26-8-4-5-11-28-26/h4-5,8-11,17,23-24H,6-7,12-16,18-20H2,1-3H3,(H,29,33). The molecular weight excluding hydrogens is 410 g/mol. The van der Waals surface area contributed by atoms with Crippen LogP contribution in [0, 0.1) is 19.8 Å². The van der Waals surface area contributed by atoms with Crippen LogP contribution in [0.1, 0.15) is 42.5 Å². The molecule has 0 saturated carbocycles. The molecule has 0 radical (unpaired) electrons. The Morgan fingerprint density at radius 3 is 2.61 bits per heavy atom. The molecule has 2 fully saturated rings. The summed E-state index contributed by atoms with van der Waals surface area (Å²) in [5.74, 6) is 1.86. The van der Waals surface area contributed by atoms with Crippen LogP contribution in [0.15, 0.2) is 42.6 Å². The van der Waals surface area contributed by atoms with Crippen molar-refractivity contribution in [2.75, 3.05) is 57.3 Å². The van der Waals surface area contributed by atoms with Gasteiger partial charge in [0.15, 0.2) is 0 Å². The van der Waals surface area contributed by atoms with Gasteiger partial charge in [-0.3, -0.25) is 14.6 Å². The first-order chi connectivity index (χ1) is 16.0. The van der Waals surface area contributed by atoms with Gasteiger partial charge in [0.2, 0.25) is 5.91 Å². The van der Waals surface area contributed by atoms with Gasteiger partial charge in [-0.25, -0.2) is 4.98 Å². The first kappa shape index (κ1) is 23.7. The first-order valence-corrected chi connectivity index (χ1v) is 12.4. The van der Waals surface area contributed by atoms with Crippen LogP contribution >= 0.6 is 0 Å². The predicted octanol–water partition coefficient (Wildman–Crippen LogP) is 3.41. The van der Waals surface area contributed by atoms with E-state index in [1.54, 1.807) is 0 Å². The van der Waals surface area contributed by atoms with Crippen molar-refractivity contribution in [2.45, 2.75) is 39.7 Å². The number of piperazine rings is 1. The smallest absolute Gasteiger partial charge is 0.234 e. The molecule has 6 heteroatoms. The number of amides is 1. The monoisotopic (exact) mass is 449 g/mol. The van der Waals surface area contributed by atoms with E-state index in [0.717, 1.165) is 51.6 Å². The van der Waals surface area contributed by atoms with E-state index < -0.39 is 0 Å². The average molecular weight is 450 g/mol. The molecule has 33 heavy (non-hydrogen) atoms. The molecule has 2 unspecified atom stereocenters. The largest absolute Gasteiger partial charge is 0.354 e. The number of carbonyl (C=O) groups excluding carboxylic acids is 1. The van der Waals surface area contributed by atoms with Crippen LogP contribution in [-0.4, -0.2) is 73.0 Å². The number of rotatable bonds is 7. The summed E-state index contributed by atoms with van der Waals surface area (Å²) in [7, 11) is 0. The molecule has 0 aliphatic carbocycles. The summed E-state index contributed by atoms with van der Waals surface area (Å²) in [6.07, 6.45) is 4.31. The highest BCUT2D eigenvalue weighted by molar-refractivity contribution is 5.78. The minimum atomic E-state index is 0.0350. The van der Waals surface area contributed by atoms with E-state index in [0.29, 0.717) is 12.5 Å². The van der Waals surface area contributed by atoms with Crippen LogP contribution in [0.5, 0.6) is 0 Å². The topological polar surface area (TPSA) is 51.7 Å². The van der Waals surface area contributed by atoms with E-state index in [9.17, 15) is 4.79 Å². The number of piperidine rings is 1. The Bertz CT molecular complexity index is 910. The van der Waals surface area contributed by atoms with Crippen LogP contribution in [0.2, 0.25) is 0 Å². The molecule has 1 aromatic heterocycles. The minimum Gasteiger partial charge on any atom is -0.354 e. The molecule has 2 aliphatic rings. The molecule has 0 spiro atoms. The summed E-state index contributed by atoms with van der Waals surface area (Å²) < 4.78 is 0. The second-order valence-electron chi connectivity index (χ2n) is 9.85. The number of benzene rings is 1. The highest BCUT2D eigenvalue weighted by Gasteiger charge is 2.26. The molecule has 1 N–H and O–H groups in total. The summed E-state index contributed by atoms with van der Waals surface area (Å²) in [5, 5.41) is 3.20. The van der Waals surface area contributed by atoms with Crippen LogP contribution in [0.25, 0.3) is 0 Å². The fourth-order valence-corrected chi connectivity index (χ4v) is 5.12. The van der Waals surface area contributed by atoms with Crippen molar-refractivity contribution in [3.05, 3.63) is 59.3 Å². The van der Waals surface area contributed by atoms with Gasteiger partial charge >= 0.3 is 0 Å². The lowest BCUT2D eigenvalue weighted by atomic mass is 9.97. The normalized spacial score (nSPS) is 21.1. The van der Waals surface area contributed by atoms with E-state index >= 15 is 0 Å². The fourth-order valence-electron chi connectivity index (χ4n) is 5.12. The van der Waals surface area contributed by atoms with E-state index in [1.807, 2.05) is 12.3 Å². The Kier molecular flexibility index (Phi) is 7.99. The van der Waals surface area contributed by atoms with Gasteiger partial charge in [-0.2, -0.15) is 0 Å². The number of nitrogens with one attached hydrogen (secondary N) is 1. The van der Waals surface area contributed by atoms with Crippen molar-refractivity contribution in [2.24, 2.45) is 5.92 Å². The van der Waals surface area contributed by atoms with Crippen molar-refractivity contribution in [3.8, 4) is 0 Å². The van der Waals surface area contributed by atoms with Gasteiger partial charge in [0.1, 0.15) is 5.82 Å². The number of anilines is 1. The fraction of sp³-hybridized carbons (Fsp3) is 0.556. The maximum atomic E-state index is 12.7. The molecular formula is C27H39N5O. The van der Waals surface area contributed by atoms with E-state index in [-0.39, 0.29) is 11.9 Å². The van der Waals surface area contributed by atoms with Crippen molar-refractivity contribution in [1.82, 2.24) is 20.1 Å². The third-order valence-corrected chi connectivity index (χ3v) is 7.24. The zero-order valence-corrected chi connectivity index (χ0v) is 20.5. The SMILES string of the molecule is Cc1ccc(C(C)NC(=O)CN2CCCC(CN3CCN(c4ccccn4)CC3)C2)cc1C. The van der Waals surface area contributed by atoms with Gasteiger partial charge in [-0.1, -0.05) is 24.3 Å². The Balaban J connectivity index is 1.21. The molecule has 3 heterocycles. The lowest BCUT2D eigenvalue weighted by molar-refractivity contribution is -0.123. The van der Waals surface area contributed by atoms with Gasteiger partial charge in [0.25, 0.3) is 0 Å². The number of hydrogen-bond acceptors (Lipinski definition) is 5. The van der Waals surface area contributed by atoms with Gasteiger partial charge in [0, 0.05) is 45.5 Å². The first-order valence-electron chi connectivity index (χ1n) is 12.4.